The zero-order chi connectivity index (χ0) is 21.6. The van der Waals surface area contributed by atoms with Crippen LogP contribution in [-0.2, 0) is 9.53 Å². The molecule has 0 bridgehead atoms. The second-order valence-corrected chi connectivity index (χ2v) is 6.27. The normalized spacial score (nSPS) is 9.89. The highest BCUT2D eigenvalue weighted by Gasteiger charge is 2.10. The number of pyridine rings is 1. The van der Waals surface area contributed by atoms with Gasteiger partial charge >= 0.3 is 5.97 Å². The Kier molecular flexibility index (Phi) is 11.9. The van der Waals surface area contributed by atoms with E-state index in [0.717, 1.165) is 0 Å². The highest BCUT2D eigenvalue weighted by Crippen LogP contribution is 2.18. The van der Waals surface area contributed by atoms with Gasteiger partial charge in [-0.3, -0.25) is 9.59 Å². The fourth-order valence-corrected chi connectivity index (χ4v) is 1.64. The average Bonchev–Trinajstić information content (AvgIpc) is 2.64. The second kappa shape index (κ2) is 13.3. The van der Waals surface area contributed by atoms with Crippen LogP contribution in [0.5, 0.6) is 11.6 Å². The van der Waals surface area contributed by atoms with Crippen molar-refractivity contribution in [3.63, 3.8) is 0 Å². The van der Waals surface area contributed by atoms with Crippen molar-refractivity contribution in [3.05, 3.63) is 54.2 Å². The number of nitrogens with two attached hydrogens (primary N) is 1. The molecule has 0 saturated heterocycles. The predicted octanol–water partition coefficient (Wildman–Crippen LogP) is 4.28. The molecule has 0 aliphatic carbocycles. The molecule has 0 unspecified atom stereocenters. The first-order valence-electron chi connectivity index (χ1n) is 9.02. The summed E-state index contributed by atoms with van der Waals surface area (Å²) in [5.74, 6) is -0.193. The fraction of sp³-hybridized carbons (Fsp3) is 0.381. The largest absolute Gasteiger partial charge is 0.481 e. The Hall–Kier alpha value is -2.93. The molecule has 0 aliphatic heterocycles. The summed E-state index contributed by atoms with van der Waals surface area (Å²) in [7, 11) is 0. The van der Waals surface area contributed by atoms with E-state index in [1.54, 1.807) is 12.1 Å². The number of hydrogen-bond acceptors (Lipinski definition) is 5. The van der Waals surface area contributed by atoms with Gasteiger partial charge in [-0.2, -0.15) is 0 Å². The molecule has 0 radical (unpaired) electrons. The number of para-hydroxylation sites is 1. The Morgan fingerprint density at radius 2 is 1.68 bits per heavy atom. The smallest absolute Gasteiger partial charge is 0.305 e. The first-order chi connectivity index (χ1) is 13.2. The second-order valence-electron chi connectivity index (χ2n) is 6.27. The minimum absolute atomic E-state index is 0.0806. The van der Waals surface area contributed by atoms with Gasteiger partial charge in [-0.15, -0.1) is 0 Å². The van der Waals surface area contributed by atoms with Gasteiger partial charge in [0.1, 0.15) is 5.75 Å². The van der Waals surface area contributed by atoms with Gasteiger partial charge < -0.3 is 20.3 Å². The summed E-state index contributed by atoms with van der Waals surface area (Å²) in [4.78, 5) is 24.8. The molecule has 0 spiro atoms. The number of ether oxygens (including phenoxy) is 2. The number of benzene rings is 1. The minimum Gasteiger partial charge on any atom is -0.481 e. The van der Waals surface area contributed by atoms with E-state index >= 15 is 0 Å². The lowest BCUT2D eigenvalue weighted by molar-refractivity contribution is -0.139. The van der Waals surface area contributed by atoms with E-state index in [1.165, 1.54) is 6.20 Å². The van der Waals surface area contributed by atoms with Crippen molar-refractivity contribution in [2.75, 3.05) is 6.61 Å². The van der Waals surface area contributed by atoms with Gasteiger partial charge in [-0.1, -0.05) is 32.0 Å². The minimum atomic E-state index is -0.816. The van der Waals surface area contributed by atoms with Gasteiger partial charge in [0.2, 0.25) is 11.8 Å². The summed E-state index contributed by atoms with van der Waals surface area (Å²) in [6.45, 7) is 9.98. The maximum atomic E-state index is 10.8. The fourth-order valence-electron chi connectivity index (χ4n) is 1.64. The molecule has 154 valence electrons. The summed E-state index contributed by atoms with van der Waals surface area (Å²) in [6, 6.07) is 12.5. The molecule has 7 nitrogen and oxygen atoms in total. The molecule has 28 heavy (non-hydrogen) atoms. The average molecular weight is 390 g/mol. The van der Waals surface area contributed by atoms with Gasteiger partial charge in [0, 0.05) is 12.3 Å². The number of rotatable bonds is 6. The van der Waals surface area contributed by atoms with Crippen LogP contribution in [0.15, 0.2) is 48.7 Å². The highest BCUT2D eigenvalue weighted by molar-refractivity contribution is 5.92. The predicted molar refractivity (Wildman–Crippen MR) is 109 cm³/mol. The maximum absolute atomic E-state index is 10.8. The number of nitrogens with zero attached hydrogens (tertiary/aromatic N) is 1. The van der Waals surface area contributed by atoms with Gasteiger partial charge in [0.05, 0.1) is 24.2 Å². The van der Waals surface area contributed by atoms with Gasteiger partial charge in [-0.05, 0) is 39.0 Å². The Morgan fingerprint density at radius 1 is 1.07 bits per heavy atom. The summed E-state index contributed by atoms with van der Waals surface area (Å²) >= 11 is 0. The third kappa shape index (κ3) is 12.4. The number of primary amides is 1. The molecular weight excluding hydrogens is 360 g/mol. The summed E-state index contributed by atoms with van der Waals surface area (Å²) in [5.41, 5.74) is 5.23. The first kappa shape index (κ1) is 25.1. The van der Waals surface area contributed by atoms with E-state index in [4.69, 9.17) is 20.3 Å². The van der Waals surface area contributed by atoms with Gasteiger partial charge in [0.15, 0.2) is 0 Å². The Morgan fingerprint density at radius 3 is 2.11 bits per heavy atom. The van der Waals surface area contributed by atoms with Gasteiger partial charge in [0.25, 0.3) is 0 Å². The number of aromatic nitrogens is 1. The molecule has 1 heterocycles. The lowest BCUT2D eigenvalue weighted by Crippen LogP contribution is -2.20. The quantitative estimate of drug-likeness (QED) is 0.761. The van der Waals surface area contributed by atoms with Crippen molar-refractivity contribution in [2.24, 2.45) is 5.73 Å². The highest BCUT2D eigenvalue weighted by atomic mass is 16.5. The maximum Gasteiger partial charge on any atom is 0.305 e. The lowest BCUT2D eigenvalue weighted by atomic mass is 10.2. The molecule has 7 heteroatoms. The number of aliphatic carboxylic acids is 1. The number of carbonyl (C=O) groups excluding carboxylic acids is 1. The van der Waals surface area contributed by atoms with Crippen LogP contribution in [-0.4, -0.2) is 34.2 Å². The first-order valence-corrected chi connectivity index (χ1v) is 9.02. The van der Waals surface area contributed by atoms with Crippen LogP contribution >= 0.6 is 0 Å². The lowest BCUT2D eigenvalue weighted by Gasteiger charge is -2.18. The number of amides is 1. The third-order valence-corrected chi connectivity index (χ3v) is 2.84. The van der Waals surface area contributed by atoms with Crippen molar-refractivity contribution in [3.8, 4) is 11.6 Å². The van der Waals surface area contributed by atoms with Crippen molar-refractivity contribution >= 4 is 11.9 Å². The van der Waals surface area contributed by atoms with Gasteiger partial charge in [-0.25, -0.2) is 4.98 Å². The third-order valence-electron chi connectivity index (χ3n) is 2.84. The Labute approximate surface area is 166 Å². The molecule has 1 aromatic carbocycles. The van der Waals surface area contributed by atoms with Crippen LogP contribution in [0, 0.1) is 0 Å². The number of carboxylic acid groups (broad SMARTS) is 1. The van der Waals surface area contributed by atoms with E-state index < -0.39 is 11.9 Å². The molecule has 1 amide bonds. The number of hydrogen-bond donors (Lipinski definition) is 2. The van der Waals surface area contributed by atoms with Crippen LogP contribution < -0.4 is 10.5 Å². The summed E-state index contributed by atoms with van der Waals surface area (Å²) in [5, 5.41) is 8.23. The molecule has 3 N–H and O–H groups in total. The van der Waals surface area contributed by atoms with Crippen LogP contribution in [0.25, 0.3) is 0 Å². The zero-order valence-corrected chi connectivity index (χ0v) is 17.1. The van der Waals surface area contributed by atoms with E-state index in [1.807, 2.05) is 65.0 Å². The molecule has 2 aromatic rings. The number of carbonyl (C=O) groups is 2. The van der Waals surface area contributed by atoms with E-state index in [2.05, 4.69) is 4.98 Å². The molecule has 0 fully saturated rings. The van der Waals surface area contributed by atoms with Crippen LogP contribution in [0.4, 0.5) is 0 Å². The molecule has 0 saturated carbocycles. The van der Waals surface area contributed by atoms with Crippen molar-refractivity contribution in [2.45, 2.75) is 46.6 Å². The molecular formula is C21H30N2O5. The topological polar surface area (TPSA) is 112 Å². The summed E-state index contributed by atoms with van der Waals surface area (Å²) < 4.78 is 10.6. The van der Waals surface area contributed by atoms with Crippen LogP contribution in [0.3, 0.4) is 0 Å². The Balaban J connectivity index is 0.000000528. The Bertz CT molecular complexity index is 695. The van der Waals surface area contributed by atoms with Crippen LogP contribution in [0.2, 0.25) is 0 Å². The molecule has 2 rings (SSSR count). The van der Waals surface area contributed by atoms with E-state index in [-0.39, 0.29) is 12.0 Å². The molecule has 1 aromatic heterocycles. The standard InChI is InChI=1S/C12H10N2O2.C7H14O3.C2H6/c13-12(15)9-6-7-11(14-8-9)16-10-4-2-1-3-5-10;1-7(2,3)10-5-4-6(8)9;1-2/h1-8H,(H2,13,15);4-5H2,1-3H3,(H,8,9);1-2H3. The summed E-state index contributed by atoms with van der Waals surface area (Å²) in [6.07, 6.45) is 1.47. The molecule has 0 aliphatic rings. The van der Waals surface area contributed by atoms with E-state index in [0.29, 0.717) is 23.8 Å². The van der Waals surface area contributed by atoms with Crippen LogP contribution in [0.1, 0.15) is 51.4 Å². The number of carboxylic acids is 1. The SMILES string of the molecule is CC.CC(C)(C)OCCC(=O)O.NC(=O)c1ccc(Oc2ccccc2)nc1. The van der Waals surface area contributed by atoms with Crippen molar-refractivity contribution in [1.29, 1.82) is 0 Å². The van der Waals surface area contributed by atoms with E-state index in [9.17, 15) is 9.59 Å². The molecule has 0 atom stereocenters. The van der Waals surface area contributed by atoms with Crippen molar-refractivity contribution < 1.29 is 24.2 Å². The van der Waals surface area contributed by atoms with Crippen molar-refractivity contribution in [1.82, 2.24) is 4.98 Å². The zero-order valence-electron chi connectivity index (χ0n) is 17.1. The monoisotopic (exact) mass is 390 g/mol.